The monoisotopic (exact) mass is 251 g/mol. The van der Waals surface area contributed by atoms with Crippen molar-refractivity contribution in [2.24, 2.45) is 0 Å². The second-order valence-corrected chi connectivity index (χ2v) is 4.42. The fraction of sp³-hybridized carbons (Fsp3) is 0.538. The first-order valence-electron chi connectivity index (χ1n) is 6.06. The molecule has 1 rings (SSSR count). The third-order valence-electron chi connectivity index (χ3n) is 2.34. The molecule has 5 nitrogen and oxygen atoms in total. The molecule has 5 heteroatoms. The molecule has 1 aromatic rings. The van der Waals surface area contributed by atoms with Crippen LogP contribution in [-0.4, -0.2) is 30.6 Å². The maximum atomic E-state index is 11.5. The van der Waals surface area contributed by atoms with Crippen LogP contribution in [0.3, 0.4) is 0 Å². The summed E-state index contributed by atoms with van der Waals surface area (Å²) in [6.45, 7) is 6.37. The Morgan fingerprint density at radius 3 is 2.83 bits per heavy atom. The van der Waals surface area contributed by atoms with Crippen LogP contribution in [0, 0.1) is 6.92 Å². The number of amides is 1. The molecule has 0 bridgehead atoms. The quantitative estimate of drug-likeness (QED) is 0.808. The molecular weight excluding hydrogens is 230 g/mol. The van der Waals surface area contributed by atoms with Gasteiger partial charge < -0.3 is 15.4 Å². The highest BCUT2D eigenvalue weighted by Gasteiger charge is 2.06. The van der Waals surface area contributed by atoms with Crippen molar-refractivity contribution >= 4 is 11.6 Å². The lowest BCUT2D eigenvalue weighted by Crippen LogP contribution is -2.31. The van der Waals surface area contributed by atoms with Crippen molar-refractivity contribution in [3.05, 3.63) is 18.0 Å². The van der Waals surface area contributed by atoms with E-state index < -0.39 is 0 Å². The number of pyridine rings is 1. The normalized spacial score (nSPS) is 10.3. The fourth-order valence-electron chi connectivity index (χ4n) is 1.55. The Labute approximate surface area is 108 Å². The van der Waals surface area contributed by atoms with Gasteiger partial charge in [-0.2, -0.15) is 0 Å². The fourth-order valence-corrected chi connectivity index (χ4v) is 1.55. The minimum Gasteiger partial charge on any atom is -0.493 e. The van der Waals surface area contributed by atoms with E-state index in [1.165, 1.54) is 0 Å². The third-order valence-corrected chi connectivity index (χ3v) is 2.34. The van der Waals surface area contributed by atoms with Crippen molar-refractivity contribution in [3.63, 3.8) is 0 Å². The third kappa shape index (κ3) is 4.61. The topological polar surface area (TPSA) is 63.2 Å². The zero-order valence-corrected chi connectivity index (χ0v) is 11.4. The molecule has 2 N–H and O–H groups in total. The SMILES string of the molecule is COc1cnc(C)cc1NCCC(=O)NC(C)C. The van der Waals surface area contributed by atoms with Crippen molar-refractivity contribution in [3.8, 4) is 5.75 Å². The average Bonchev–Trinajstić information content (AvgIpc) is 2.28. The number of hydrogen-bond donors (Lipinski definition) is 2. The summed E-state index contributed by atoms with van der Waals surface area (Å²) < 4.78 is 5.20. The second kappa shape index (κ2) is 6.83. The summed E-state index contributed by atoms with van der Waals surface area (Å²) >= 11 is 0. The highest BCUT2D eigenvalue weighted by molar-refractivity contribution is 5.76. The molecule has 0 aliphatic heterocycles. The number of ether oxygens (including phenoxy) is 1. The van der Waals surface area contributed by atoms with E-state index in [1.54, 1.807) is 13.3 Å². The van der Waals surface area contributed by atoms with Crippen LogP contribution in [0.25, 0.3) is 0 Å². The van der Waals surface area contributed by atoms with Crippen LogP contribution in [0.15, 0.2) is 12.3 Å². The molecule has 0 aliphatic rings. The molecule has 1 aromatic heterocycles. The van der Waals surface area contributed by atoms with Crippen molar-refractivity contribution in [1.82, 2.24) is 10.3 Å². The van der Waals surface area contributed by atoms with Gasteiger partial charge in [0, 0.05) is 24.7 Å². The molecule has 18 heavy (non-hydrogen) atoms. The van der Waals surface area contributed by atoms with E-state index >= 15 is 0 Å². The van der Waals surface area contributed by atoms with E-state index in [4.69, 9.17) is 4.74 Å². The summed E-state index contributed by atoms with van der Waals surface area (Å²) in [6.07, 6.45) is 2.11. The number of hydrogen-bond acceptors (Lipinski definition) is 4. The average molecular weight is 251 g/mol. The van der Waals surface area contributed by atoms with Gasteiger partial charge in [-0.1, -0.05) is 0 Å². The lowest BCUT2D eigenvalue weighted by atomic mass is 10.3. The smallest absolute Gasteiger partial charge is 0.221 e. The maximum Gasteiger partial charge on any atom is 0.221 e. The molecular formula is C13H21N3O2. The van der Waals surface area contributed by atoms with E-state index in [0.29, 0.717) is 18.7 Å². The van der Waals surface area contributed by atoms with Gasteiger partial charge in [-0.15, -0.1) is 0 Å². The van der Waals surface area contributed by atoms with Gasteiger partial charge in [0.2, 0.25) is 5.91 Å². The molecule has 0 aliphatic carbocycles. The molecule has 1 amide bonds. The van der Waals surface area contributed by atoms with Crippen molar-refractivity contribution in [1.29, 1.82) is 0 Å². The van der Waals surface area contributed by atoms with Crippen LogP contribution < -0.4 is 15.4 Å². The van der Waals surface area contributed by atoms with Gasteiger partial charge in [-0.25, -0.2) is 0 Å². The predicted molar refractivity (Wildman–Crippen MR) is 71.9 cm³/mol. The van der Waals surface area contributed by atoms with Gasteiger partial charge in [-0.05, 0) is 26.8 Å². The van der Waals surface area contributed by atoms with E-state index in [-0.39, 0.29) is 11.9 Å². The first kappa shape index (κ1) is 14.3. The van der Waals surface area contributed by atoms with Crippen molar-refractivity contribution in [2.75, 3.05) is 19.0 Å². The molecule has 0 saturated heterocycles. The summed E-state index contributed by atoms with van der Waals surface area (Å²) in [6, 6.07) is 2.08. The molecule has 1 heterocycles. The summed E-state index contributed by atoms with van der Waals surface area (Å²) in [4.78, 5) is 15.6. The zero-order valence-electron chi connectivity index (χ0n) is 11.4. The molecule has 0 radical (unpaired) electrons. The molecule has 0 saturated carbocycles. The summed E-state index contributed by atoms with van der Waals surface area (Å²) in [7, 11) is 1.60. The molecule has 0 aromatic carbocycles. The van der Waals surface area contributed by atoms with Crippen LogP contribution in [0.1, 0.15) is 26.0 Å². The van der Waals surface area contributed by atoms with Gasteiger partial charge in [0.25, 0.3) is 0 Å². The number of anilines is 1. The molecule has 0 atom stereocenters. The van der Waals surface area contributed by atoms with Gasteiger partial charge in [0.1, 0.15) is 0 Å². The van der Waals surface area contributed by atoms with Gasteiger partial charge in [0.15, 0.2) is 5.75 Å². The van der Waals surface area contributed by atoms with Crippen LogP contribution in [0.2, 0.25) is 0 Å². The van der Waals surface area contributed by atoms with E-state index in [2.05, 4.69) is 15.6 Å². The van der Waals surface area contributed by atoms with Gasteiger partial charge in [0.05, 0.1) is 19.0 Å². The lowest BCUT2D eigenvalue weighted by Gasteiger charge is -2.12. The van der Waals surface area contributed by atoms with E-state index in [9.17, 15) is 4.79 Å². The van der Waals surface area contributed by atoms with Gasteiger partial charge >= 0.3 is 0 Å². The van der Waals surface area contributed by atoms with Crippen molar-refractivity contribution in [2.45, 2.75) is 33.2 Å². The highest BCUT2D eigenvalue weighted by Crippen LogP contribution is 2.23. The number of methoxy groups -OCH3 is 1. The Balaban J connectivity index is 2.48. The molecule has 0 fully saturated rings. The molecule has 100 valence electrons. The Morgan fingerprint density at radius 1 is 1.50 bits per heavy atom. The number of nitrogens with one attached hydrogen (secondary N) is 2. The van der Waals surface area contributed by atoms with Gasteiger partial charge in [-0.3, -0.25) is 9.78 Å². The lowest BCUT2D eigenvalue weighted by molar-refractivity contribution is -0.121. The number of aryl methyl sites for hydroxylation is 1. The summed E-state index contributed by atoms with van der Waals surface area (Å²) in [5.41, 5.74) is 1.77. The predicted octanol–water partition coefficient (Wildman–Crippen LogP) is 1.73. The largest absolute Gasteiger partial charge is 0.493 e. The first-order chi connectivity index (χ1) is 8.52. The summed E-state index contributed by atoms with van der Waals surface area (Å²) in [5, 5.41) is 6.03. The number of nitrogens with zero attached hydrogens (tertiary/aromatic N) is 1. The van der Waals surface area contributed by atoms with Crippen LogP contribution in [0.4, 0.5) is 5.69 Å². The van der Waals surface area contributed by atoms with Crippen LogP contribution in [0.5, 0.6) is 5.75 Å². The minimum atomic E-state index is 0.0437. The standard InChI is InChI=1S/C13H21N3O2/c1-9(2)16-13(17)5-6-14-11-7-10(3)15-8-12(11)18-4/h7-9H,5-6H2,1-4H3,(H,14,15)(H,16,17). The maximum absolute atomic E-state index is 11.5. The number of carbonyl (C=O) groups excluding carboxylic acids is 1. The zero-order chi connectivity index (χ0) is 13.5. The number of rotatable bonds is 6. The minimum absolute atomic E-state index is 0.0437. The Hall–Kier alpha value is -1.78. The van der Waals surface area contributed by atoms with Crippen molar-refractivity contribution < 1.29 is 9.53 Å². The molecule has 0 unspecified atom stereocenters. The van der Waals surface area contributed by atoms with Crippen LogP contribution in [-0.2, 0) is 4.79 Å². The first-order valence-corrected chi connectivity index (χ1v) is 6.06. The second-order valence-electron chi connectivity index (χ2n) is 4.42. The van der Waals surface area contributed by atoms with E-state index in [0.717, 1.165) is 11.4 Å². The number of aromatic nitrogens is 1. The highest BCUT2D eigenvalue weighted by atomic mass is 16.5. The van der Waals surface area contributed by atoms with Crippen LogP contribution >= 0.6 is 0 Å². The van der Waals surface area contributed by atoms with E-state index in [1.807, 2.05) is 26.8 Å². The number of carbonyl (C=O) groups is 1. The summed E-state index contributed by atoms with van der Waals surface area (Å²) in [5.74, 6) is 0.729. The Bertz CT molecular complexity index is 405. The molecule has 0 spiro atoms. The Morgan fingerprint density at radius 2 is 2.22 bits per heavy atom. The Kier molecular flexibility index (Phi) is 5.42.